The van der Waals surface area contributed by atoms with E-state index < -0.39 is 0 Å². The van der Waals surface area contributed by atoms with Gasteiger partial charge >= 0.3 is 6.01 Å². The van der Waals surface area contributed by atoms with Crippen molar-refractivity contribution in [1.29, 1.82) is 0 Å². The summed E-state index contributed by atoms with van der Waals surface area (Å²) in [5.74, 6) is 0. The second-order valence-corrected chi connectivity index (χ2v) is 1.28. The molecule has 0 saturated heterocycles. The van der Waals surface area contributed by atoms with Crippen LogP contribution >= 0.6 is 0 Å². The minimum absolute atomic E-state index is 0.0410. The van der Waals surface area contributed by atoms with E-state index >= 15 is 0 Å². The number of aromatic nitrogens is 4. The van der Waals surface area contributed by atoms with Crippen LogP contribution in [0.2, 0.25) is 0 Å². The number of H-pyrrole nitrogens is 1. The van der Waals surface area contributed by atoms with E-state index in [9.17, 15) is 0 Å². The summed E-state index contributed by atoms with van der Waals surface area (Å²) in [6, 6.07) is 0.226. The van der Waals surface area contributed by atoms with Crippen LogP contribution in [-0.4, -0.2) is 38.9 Å². The Morgan fingerprint density at radius 2 is 2.56 bits per heavy atom. The molecule has 0 spiro atoms. The van der Waals surface area contributed by atoms with Crippen LogP contribution in [0.5, 0.6) is 6.01 Å². The van der Waals surface area contributed by atoms with Gasteiger partial charge in [0.05, 0.1) is 6.61 Å². The lowest BCUT2D eigenvalue weighted by Crippen LogP contribution is -2.02. The number of nitrogens with one attached hydrogen (secondary N) is 1. The fourth-order valence-electron chi connectivity index (χ4n) is 0.354. The first-order chi connectivity index (χ1) is 4.43. The van der Waals surface area contributed by atoms with Gasteiger partial charge in [0, 0.05) is 0 Å². The van der Waals surface area contributed by atoms with Gasteiger partial charge in [-0.25, -0.2) is 5.10 Å². The van der Waals surface area contributed by atoms with Crippen molar-refractivity contribution >= 4 is 0 Å². The third kappa shape index (κ3) is 1.65. The highest BCUT2D eigenvalue weighted by atomic mass is 16.5. The predicted octanol–water partition coefficient (Wildman–Crippen LogP) is -1.43. The molecule has 1 aromatic heterocycles. The van der Waals surface area contributed by atoms with Gasteiger partial charge in [0.25, 0.3) is 0 Å². The highest BCUT2D eigenvalue weighted by Gasteiger charge is 1.92. The van der Waals surface area contributed by atoms with Crippen LogP contribution in [0.3, 0.4) is 0 Å². The standard InChI is InChI=1S/C3H6N4O2/c8-1-2-9-3-4-6-7-5-3/h8H,1-2H2,(H,4,5,6,7). The lowest BCUT2D eigenvalue weighted by atomic mass is 10.8. The summed E-state index contributed by atoms with van der Waals surface area (Å²) in [6.07, 6.45) is 0. The molecule has 0 saturated carbocycles. The lowest BCUT2D eigenvalue weighted by Gasteiger charge is -1.93. The third-order valence-corrected chi connectivity index (χ3v) is 0.656. The maximum Gasteiger partial charge on any atom is 0.332 e. The number of aliphatic hydroxyl groups is 1. The van der Waals surface area contributed by atoms with Crippen molar-refractivity contribution in [2.45, 2.75) is 0 Å². The number of hydrogen-bond acceptors (Lipinski definition) is 5. The molecule has 6 heteroatoms. The fraction of sp³-hybridized carbons (Fsp3) is 0.667. The molecule has 0 radical (unpaired) electrons. The highest BCUT2D eigenvalue weighted by molar-refractivity contribution is 4.80. The van der Waals surface area contributed by atoms with E-state index in [4.69, 9.17) is 9.84 Å². The Hall–Kier alpha value is -1.17. The Bertz CT molecular complexity index is 151. The topological polar surface area (TPSA) is 83.9 Å². The largest absolute Gasteiger partial charge is 0.460 e. The average Bonchev–Trinajstić information content (AvgIpc) is 2.34. The molecule has 0 aliphatic heterocycles. The number of ether oxygens (including phenoxy) is 1. The molecule has 6 nitrogen and oxygen atoms in total. The molecule has 50 valence electrons. The Balaban J connectivity index is 2.30. The molecule has 1 heterocycles. The molecule has 0 aliphatic rings. The third-order valence-electron chi connectivity index (χ3n) is 0.656. The summed E-state index contributed by atoms with van der Waals surface area (Å²) >= 11 is 0. The second kappa shape index (κ2) is 2.98. The molecule has 0 atom stereocenters. The first-order valence-corrected chi connectivity index (χ1v) is 2.41. The van der Waals surface area contributed by atoms with Crippen LogP contribution in [0.25, 0.3) is 0 Å². The normalized spacial score (nSPS) is 9.44. The van der Waals surface area contributed by atoms with Gasteiger partial charge in [-0.3, -0.25) is 0 Å². The lowest BCUT2D eigenvalue weighted by molar-refractivity contribution is 0.191. The van der Waals surface area contributed by atoms with E-state index in [0.717, 1.165) is 0 Å². The van der Waals surface area contributed by atoms with Crippen molar-refractivity contribution in [3.8, 4) is 6.01 Å². The Morgan fingerprint density at radius 3 is 3.11 bits per heavy atom. The zero-order chi connectivity index (χ0) is 6.53. The van der Waals surface area contributed by atoms with Gasteiger partial charge in [-0.2, -0.15) is 0 Å². The van der Waals surface area contributed by atoms with Gasteiger partial charge < -0.3 is 9.84 Å². The molecular weight excluding hydrogens is 124 g/mol. The molecule has 1 rings (SSSR count). The monoisotopic (exact) mass is 130 g/mol. The Labute approximate surface area is 50.8 Å². The molecule has 0 unspecified atom stereocenters. The van der Waals surface area contributed by atoms with Crippen molar-refractivity contribution in [1.82, 2.24) is 20.6 Å². The maximum atomic E-state index is 8.26. The molecule has 0 aliphatic carbocycles. The summed E-state index contributed by atoms with van der Waals surface area (Å²) in [4.78, 5) is 0. The van der Waals surface area contributed by atoms with Gasteiger partial charge in [-0.15, -0.1) is 0 Å². The number of rotatable bonds is 3. The Morgan fingerprint density at radius 1 is 1.67 bits per heavy atom. The van der Waals surface area contributed by atoms with E-state index in [-0.39, 0.29) is 19.2 Å². The van der Waals surface area contributed by atoms with Crippen LogP contribution < -0.4 is 4.74 Å². The molecule has 1 aromatic rings. The average molecular weight is 130 g/mol. The van der Waals surface area contributed by atoms with Crippen molar-refractivity contribution in [2.75, 3.05) is 13.2 Å². The van der Waals surface area contributed by atoms with Crippen LogP contribution in [0, 0.1) is 0 Å². The Kier molecular flexibility index (Phi) is 1.97. The van der Waals surface area contributed by atoms with Crippen molar-refractivity contribution in [3.05, 3.63) is 0 Å². The zero-order valence-corrected chi connectivity index (χ0v) is 4.61. The summed E-state index contributed by atoms with van der Waals surface area (Å²) in [5.41, 5.74) is 0. The van der Waals surface area contributed by atoms with E-state index in [1.165, 1.54) is 0 Å². The van der Waals surface area contributed by atoms with Gasteiger partial charge in [0.15, 0.2) is 0 Å². The van der Waals surface area contributed by atoms with Crippen LogP contribution in [-0.2, 0) is 0 Å². The molecular formula is C3H6N4O2. The first kappa shape index (κ1) is 5.96. The first-order valence-electron chi connectivity index (χ1n) is 2.41. The molecule has 9 heavy (non-hydrogen) atoms. The minimum atomic E-state index is -0.0410. The molecule has 2 N–H and O–H groups in total. The number of aliphatic hydroxyl groups excluding tert-OH is 1. The quantitative estimate of drug-likeness (QED) is 0.524. The van der Waals surface area contributed by atoms with Gasteiger partial charge in [0.2, 0.25) is 0 Å². The van der Waals surface area contributed by atoms with Crippen LogP contribution in [0.1, 0.15) is 0 Å². The predicted molar refractivity (Wildman–Crippen MR) is 26.8 cm³/mol. The van der Waals surface area contributed by atoms with Gasteiger partial charge in [-0.1, -0.05) is 5.10 Å². The zero-order valence-electron chi connectivity index (χ0n) is 4.61. The molecule has 0 fully saturated rings. The smallest absolute Gasteiger partial charge is 0.332 e. The SMILES string of the molecule is OCCOc1nnn[nH]1. The van der Waals surface area contributed by atoms with E-state index in [2.05, 4.69) is 20.6 Å². The second-order valence-electron chi connectivity index (χ2n) is 1.28. The number of nitrogens with zero attached hydrogens (tertiary/aromatic N) is 3. The summed E-state index contributed by atoms with van der Waals surface area (Å²) in [5, 5.41) is 20.5. The van der Waals surface area contributed by atoms with Crippen molar-refractivity contribution < 1.29 is 9.84 Å². The van der Waals surface area contributed by atoms with E-state index in [1.54, 1.807) is 0 Å². The summed E-state index contributed by atoms with van der Waals surface area (Å²) in [6.45, 7) is 0.164. The molecule has 0 bridgehead atoms. The van der Waals surface area contributed by atoms with Crippen molar-refractivity contribution in [2.24, 2.45) is 0 Å². The van der Waals surface area contributed by atoms with E-state index in [1.807, 2.05) is 0 Å². The van der Waals surface area contributed by atoms with Crippen LogP contribution in [0.15, 0.2) is 0 Å². The minimum Gasteiger partial charge on any atom is -0.460 e. The molecule has 0 amide bonds. The number of hydrogen-bond donors (Lipinski definition) is 2. The highest BCUT2D eigenvalue weighted by Crippen LogP contribution is 1.91. The van der Waals surface area contributed by atoms with Crippen molar-refractivity contribution in [3.63, 3.8) is 0 Å². The summed E-state index contributed by atoms with van der Waals surface area (Å²) in [7, 11) is 0. The number of tetrazole rings is 1. The van der Waals surface area contributed by atoms with Gasteiger partial charge in [0.1, 0.15) is 6.61 Å². The summed E-state index contributed by atoms with van der Waals surface area (Å²) < 4.78 is 4.75. The fourth-order valence-corrected chi connectivity index (χ4v) is 0.354. The van der Waals surface area contributed by atoms with Gasteiger partial charge in [-0.05, 0) is 10.4 Å². The number of aromatic amines is 1. The van der Waals surface area contributed by atoms with E-state index in [0.29, 0.717) is 0 Å². The maximum absolute atomic E-state index is 8.26. The molecule has 0 aromatic carbocycles. The van der Waals surface area contributed by atoms with Crippen LogP contribution in [0.4, 0.5) is 0 Å².